The van der Waals surface area contributed by atoms with Gasteiger partial charge in [-0.15, -0.1) is 0 Å². The molecule has 0 aliphatic carbocycles. The average molecular weight is 251 g/mol. The van der Waals surface area contributed by atoms with Crippen molar-refractivity contribution in [2.24, 2.45) is 5.11 Å². The fourth-order valence-corrected chi connectivity index (χ4v) is 1.35. The number of hydrogen-bond donors (Lipinski definition) is 1. The van der Waals surface area contributed by atoms with Gasteiger partial charge in [0.05, 0.1) is 19.3 Å². The van der Waals surface area contributed by atoms with E-state index in [1.165, 1.54) is 5.56 Å². The zero-order valence-electron chi connectivity index (χ0n) is 10.3. The maximum atomic E-state index is 9.41. The van der Waals surface area contributed by atoms with Crippen LogP contribution in [0.5, 0.6) is 5.75 Å². The summed E-state index contributed by atoms with van der Waals surface area (Å²) in [4.78, 5) is 2.57. The fraction of sp³-hybridized carbons (Fsp3) is 0.500. The molecule has 0 saturated carbocycles. The third-order valence-electron chi connectivity index (χ3n) is 2.32. The number of rotatable bonds is 8. The minimum atomic E-state index is -0.783. The van der Waals surface area contributed by atoms with Crippen LogP contribution in [0.1, 0.15) is 5.56 Å². The highest BCUT2D eigenvalue weighted by atomic mass is 16.5. The van der Waals surface area contributed by atoms with Crippen LogP contribution in [0.15, 0.2) is 29.4 Å². The molecule has 6 nitrogen and oxygen atoms in total. The maximum Gasteiger partial charge on any atom is 0.119 e. The van der Waals surface area contributed by atoms with Gasteiger partial charge in [0.2, 0.25) is 0 Å². The van der Waals surface area contributed by atoms with Crippen molar-refractivity contribution in [3.05, 3.63) is 40.3 Å². The minimum Gasteiger partial charge on any atom is -0.491 e. The van der Waals surface area contributed by atoms with Gasteiger partial charge in [0.25, 0.3) is 0 Å². The van der Waals surface area contributed by atoms with Crippen molar-refractivity contribution in [1.29, 1.82) is 0 Å². The Morgan fingerprint density at radius 2 is 2.11 bits per heavy atom. The summed E-state index contributed by atoms with van der Waals surface area (Å²) in [7, 11) is 1.67. The molecular weight excluding hydrogens is 234 g/mol. The van der Waals surface area contributed by atoms with Crippen LogP contribution in [-0.2, 0) is 11.2 Å². The van der Waals surface area contributed by atoms with Crippen molar-refractivity contribution < 1.29 is 14.6 Å². The molecular formula is C12H17N3O3. The quantitative estimate of drug-likeness (QED) is 0.435. The Kier molecular flexibility index (Phi) is 6.64. The van der Waals surface area contributed by atoms with E-state index < -0.39 is 6.10 Å². The summed E-state index contributed by atoms with van der Waals surface area (Å²) >= 11 is 0. The second-order valence-electron chi connectivity index (χ2n) is 3.77. The summed E-state index contributed by atoms with van der Waals surface area (Å²) in [6.45, 7) is 0.809. The van der Waals surface area contributed by atoms with E-state index in [0.717, 1.165) is 6.42 Å². The third-order valence-corrected chi connectivity index (χ3v) is 2.32. The first-order valence-corrected chi connectivity index (χ1v) is 5.66. The van der Waals surface area contributed by atoms with Gasteiger partial charge in [-0.2, -0.15) is 0 Å². The number of azide groups is 1. The molecule has 1 aromatic rings. The Balaban J connectivity index is 2.36. The minimum absolute atomic E-state index is 0.0163. The first-order chi connectivity index (χ1) is 8.76. The molecule has 6 heteroatoms. The molecule has 1 rings (SSSR count). The second kappa shape index (κ2) is 8.36. The lowest BCUT2D eigenvalue weighted by Gasteiger charge is -2.10. The molecule has 0 radical (unpaired) electrons. The Morgan fingerprint density at radius 1 is 1.39 bits per heavy atom. The molecule has 0 saturated heterocycles. The first-order valence-electron chi connectivity index (χ1n) is 5.66. The van der Waals surface area contributed by atoms with Gasteiger partial charge >= 0.3 is 0 Å². The van der Waals surface area contributed by atoms with Crippen LogP contribution >= 0.6 is 0 Å². The molecule has 1 N–H and O–H groups in total. The molecule has 18 heavy (non-hydrogen) atoms. The van der Waals surface area contributed by atoms with E-state index >= 15 is 0 Å². The van der Waals surface area contributed by atoms with Gasteiger partial charge in [-0.3, -0.25) is 0 Å². The van der Waals surface area contributed by atoms with Crippen LogP contribution < -0.4 is 4.74 Å². The highest BCUT2D eigenvalue weighted by Crippen LogP contribution is 2.13. The van der Waals surface area contributed by atoms with Crippen molar-refractivity contribution in [1.82, 2.24) is 0 Å². The van der Waals surface area contributed by atoms with Crippen LogP contribution in [0.4, 0.5) is 0 Å². The van der Waals surface area contributed by atoms with Gasteiger partial charge in [0, 0.05) is 12.0 Å². The topological polar surface area (TPSA) is 87.5 Å². The van der Waals surface area contributed by atoms with E-state index in [9.17, 15) is 5.11 Å². The van der Waals surface area contributed by atoms with E-state index in [1.807, 2.05) is 24.3 Å². The maximum absolute atomic E-state index is 9.41. The zero-order chi connectivity index (χ0) is 13.2. The van der Waals surface area contributed by atoms with Crippen molar-refractivity contribution >= 4 is 0 Å². The lowest BCUT2D eigenvalue weighted by Crippen LogP contribution is -2.20. The van der Waals surface area contributed by atoms with Crippen molar-refractivity contribution in [2.75, 3.05) is 26.9 Å². The first kappa shape index (κ1) is 14.3. The second-order valence-corrected chi connectivity index (χ2v) is 3.77. The molecule has 0 unspecified atom stereocenters. The summed E-state index contributed by atoms with van der Waals surface area (Å²) in [6.07, 6.45) is 0.0742. The number of aliphatic hydroxyl groups is 1. The van der Waals surface area contributed by atoms with Gasteiger partial charge in [-0.1, -0.05) is 17.2 Å². The number of nitrogens with zero attached hydrogens (tertiary/aromatic N) is 3. The standard InChI is InChI=1S/C12H17N3O3/c1-17-7-6-10-2-4-12(5-3-10)18-9-11(16)8-14-15-13/h2-5,11,16H,6-9H2,1H3/t11-/m0/s1. The van der Waals surface area contributed by atoms with Gasteiger partial charge < -0.3 is 14.6 Å². The average Bonchev–Trinajstić information content (AvgIpc) is 2.41. The Labute approximate surface area is 106 Å². The number of benzene rings is 1. The molecule has 0 spiro atoms. The van der Waals surface area contributed by atoms with Gasteiger partial charge in [-0.05, 0) is 29.6 Å². The van der Waals surface area contributed by atoms with Crippen molar-refractivity contribution in [3.8, 4) is 5.75 Å². The number of ether oxygens (including phenoxy) is 2. The van der Waals surface area contributed by atoms with Crippen LogP contribution in [0.2, 0.25) is 0 Å². The summed E-state index contributed by atoms with van der Waals surface area (Å²) in [6, 6.07) is 7.58. The molecule has 0 heterocycles. The summed E-state index contributed by atoms with van der Waals surface area (Å²) in [5, 5.41) is 12.7. The van der Waals surface area contributed by atoms with Crippen LogP contribution in [0, 0.1) is 0 Å². The number of aliphatic hydroxyl groups excluding tert-OH is 1. The van der Waals surface area contributed by atoms with E-state index in [0.29, 0.717) is 12.4 Å². The summed E-state index contributed by atoms with van der Waals surface area (Å²) < 4.78 is 10.3. The molecule has 0 aliphatic rings. The molecule has 0 aromatic heterocycles. The van der Waals surface area contributed by atoms with Crippen LogP contribution in [-0.4, -0.2) is 38.1 Å². The van der Waals surface area contributed by atoms with Gasteiger partial charge in [-0.25, -0.2) is 0 Å². The summed E-state index contributed by atoms with van der Waals surface area (Å²) in [5.74, 6) is 0.677. The molecule has 1 aromatic carbocycles. The SMILES string of the molecule is COCCc1ccc(OC[C@@H](O)CN=[N+]=[N-])cc1. The number of methoxy groups -OCH3 is 1. The van der Waals surface area contributed by atoms with E-state index in [-0.39, 0.29) is 13.2 Å². The molecule has 0 fully saturated rings. The molecule has 98 valence electrons. The fourth-order valence-electron chi connectivity index (χ4n) is 1.35. The van der Waals surface area contributed by atoms with E-state index in [1.54, 1.807) is 7.11 Å². The largest absolute Gasteiger partial charge is 0.491 e. The van der Waals surface area contributed by atoms with Crippen molar-refractivity contribution in [2.45, 2.75) is 12.5 Å². The van der Waals surface area contributed by atoms with Crippen molar-refractivity contribution in [3.63, 3.8) is 0 Å². The Morgan fingerprint density at radius 3 is 2.72 bits per heavy atom. The van der Waals surface area contributed by atoms with E-state index in [2.05, 4.69) is 10.0 Å². The predicted octanol–water partition coefficient (Wildman–Crippen LogP) is 1.93. The zero-order valence-corrected chi connectivity index (χ0v) is 10.3. The molecule has 0 aliphatic heterocycles. The third kappa shape index (κ3) is 5.54. The highest BCUT2D eigenvalue weighted by Gasteiger charge is 2.03. The lowest BCUT2D eigenvalue weighted by atomic mass is 10.1. The normalized spacial score (nSPS) is 11.7. The van der Waals surface area contributed by atoms with Crippen LogP contribution in [0.25, 0.3) is 10.4 Å². The van der Waals surface area contributed by atoms with Gasteiger partial charge in [0.15, 0.2) is 0 Å². The summed E-state index contributed by atoms with van der Waals surface area (Å²) in [5.41, 5.74) is 9.26. The predicted molar refractivity (Wildman–Crippen MR) is 67.5 cm³/mol. The Hall–Kier alpha value is -1.75. The number of hydrogen-bond acceptors (Lipinski definition) is 4. The van der Waals surface area contributed by atoms with Crippen LogP contribution in [0.3, 0.4) is 0 Å². The Bertz CT molecular complexity index is 388. The highest BCUT2D eigenvalue weighted by molar-refractivity contribution is 5.27. The molecule has 1 atom stereocenters. The molecule has 0 amide bonds. The molecule has 0 bridgehead atoms. The van der Waals surface area contributed by atoms with Gasteiger partial charge in [0.1, 0.15) is 12.4 Å². The van der Waals surface area contributed by atoms with E-state index in [4.69, 9.17) is 15.0 Å². The lowest BCUT2D eigenvalue weighted by molar-refractivity contribution is 0.114. The smallest absolute Gasteiger partial charge is 0.119 e. The monoisotopic (exact) mass is 251 g/mol.